The van der Waals surface area contributed by atoms with Crippen molar-refractivity contribution in [2.45, 2.75) is 26.7 Å². The molecular formula is C12H21N5O2. The van der Waals surface area contributed by atoms with Gasteiger partial charge in [0.05, 0.1) is 5.92 Å². The molecule has 0 aliphatic rings. The van der Waals surface area contributed by atoms with Crippen molar-refractivity contribution >= 4 is 11.8 Å². The van der Waals surface area contributed by atoms with Crippen molar-refractivity contribution in [1.82, 2.24) is 25.4 Å². The molecule has 1 heterocycles. The van der Waals surface area contributed by atoms with Crippen molar-refractivity contribution in [2.75, 3.05) is 20.6 Å². The van der Waals surface area contributed by atoms with Gasteiger partial charge in [-0.05, 0) is 6.42 Å². The largest absolute Gasteiger partial charge is 0.359 e. The Morgan fingerprint density at radius 3 is 2.74 bits per heavy atom. The molecule has 2 amide bonds. The van der Waals surface area contributed by atoms with E-state index in [1.165, 1.54) is 4.90 Å². The Labute approximate surface area is 112 Å². The normalized spacial score (nSPS) is 12.0. The number of hydrogen-bond donors (Lipinski definition) is 2. The molecule has 0 bridgehead atoms. The fraction of sp³-hybridized carbons (Fsp3) is 0.667. The zero-order valence-electron chi connectivity index (χ0n) is 11.9. The van der Waals surface area contributed by atoms with E-state index in [0.29, 0.717) is 12.4 Å². The molecule has 0 fully saturated rings. The van der Waals surface area contributed by atoms with Gasteiger partial charge in [0, 0.05) is 27.1 Å². The van der Waals surface area contributed by atoms with Crippen LogP contribution >= 0.6 is 0 Å². The molecule has 7 heteroatoms. The standard InChI is InChI=1S/C12H21N5O2/c1-5-6-9-14-10(16-15-9)12(19)17(4)7-8(2)11(18)13-3/h8H,5-7H2,1-4H3,(H,13,18)(H,14,15,16). The van der Waals surface area contributed by atoms with Gasteiger partial charge >= 0.3 is 0 Å². The van der Waals surface area contributed by atoms with Crippen LogP contribution in [0.2, 0.25) is 0 Å². The van der Waals surface area contributed by atoms with Gasteiger partial charge in [0.15, 0.2) is 0 Å². The van der Waals surface area contributed by atoms with Gasteiger partial charge in [-0.2, -0.15) is 0 Å². The summed E-state index contributed by atoms with van der Waals surface area (Å²) in [4.78, 5) is 29.1. The average molecular weight is 267 g/mol. The Hall–Kier alpha value is -1.92. The topological polar surface area (TPSA) is 91.0 Å². The number of hydrogen-bond acceptors (Lipinski definition) is 4. The van der Waals surface area contributed by atoms with Gasteiger partial charge in [-0.15, -0.1) is 5.10 Å². The van der Waals surface area contributed by atoms with Crippen molar-refractivity contribution in [3.63, 3.8) is 0 Å². The van der Waals surface area contributed by atoms with Crippen LogP contribution in [0.3, 0.4) is 0 Å². The molecule has 1 rings (SSSR count). The lowest BCUT2D eigenvalue weighted by Gasteiger charge is -2.19. The Morgan fingerprint density at radius 2 is 2.16 bits per heavy atom. The van der Waals surface area contributed by atoms with Crippen molar-refractivity contribution in [3.8, 4) is 0 Å². The van der Waals surface area contributed by atoms with Gasteiger partial charge in [-0.1, -0.05) is 13.8 Å². The Balaban J connectivity index is 2.63. The summed E-state index contributed by atoms with van der Waals surface area (Å²) in [6.45, 7) is 4.13. The number of aryl methyl sites for hydroxylation is 1. The van der Waals surface area contributed by atoms with Crippen LogP contribution < -0.4 is 5.32 Å². The van der Waals surface area contributed by atoms with Crippen molar-refractivity contribution in [1.29, 1.82) is 0 Å². The van der Waals surface area contributed by atoms with Gasteiger partial charge in [0.25, 0.3) is 5.91 Å². The van der Waals surface area contributed by atoms with Crippen LogP contribution in [0.15, 0.2) is 0 Å². The van der Waals surface area contributed by atoms with Gasteiger partial charge in [0.2, 0.25) is 11.7 Å². The Bertz CT molecular complexity index is 443. The van der Waals surface area contributed by atoms with E-state index in [0.717, 1.165) is 12.8 Å². The van der Waals surface area contributed by atoms with E-state index in [-0.39, 0.29) is 23.6 Å². The summed E-state index contributed by atoms with van der Waals surface area (Å²) in [6.07, 6.45) is 1.70. The zero-order valence-corrected chi connectivity index (χ0v) is 11.9. The third kappa shape index (κ3) is 4.04. The second-order valence-electron chi connectivity index (χ2n) is 4.56. The van der Waals surface area contributed by atoms with Crippen LogP contribution in [0.25, 0.3) is 0 Å². The van der Waals surface area contributed by atoms with Crippen LogP contribution in [0, 0.1) is 5.92 Å². The van der Waals surface area contributed by atoms with Crippen LogP contribution in [0.5, 0.6) is 0 Å². The van der Waals surface area contributed by atoms with Crippen LogP contribution in [0.4, 0.5) is 0 Å². The quantitative estimate of drug-likeness (QED) is 0.771. The van der Waals surface area contributed by atoms with Crippen LogP contribution in [-0.4, -0.2) is 52.5 Å². The molecule has 0 aromatic carbocycles. The van der Waals surface area contributed by atoms with Crippen molar-refractivity contribution < 1.29 is 9.59 Å². The lowest BCUT2D eigenvalue weighted by molar-refractivity contribution is -0.124. The van der Waals surface area contributed by atoms with E-state index in [9.17, 15) is 9.59 Å². The van der Waals surface area contributed by atoms with Gasteiger partial charge in [0.1, 0.15) is 5.82 Å². The fourth-order valence-corrected chi connectivity index (χ4v) is 1.73. The van der Waals surface area contributed by atoms with Gasteiger partial charge in [-0.3, -0.25) is 14.7 Å². The van der Waals surface area contributed by atoms with E-state index in [2.05, 4.69) is 20.5 Å². The predicted octanol–water partition coefficient (Wildman–Crippen LogP) is 0.211. The summed E-state index contributed by atoms with van der Waals surface area (Å²) in [5, 5.41) is 9.20. The predicted molar refractivity (Wildman–Crippen MR) is 70.6 cm³/mol. The summed E-state index contributed by atoms with van der Waals surface area (Å²) in [5.41, 5.74) is 0. The minimum atomic E-state index is -0.283. The molecule has 1 aromatic heterocycles. The third-order valence-electron chi connectivity index (χ3n) is 2.80. The minimum absolute atomic E-state index is 0.0960. The number of nitrogens with zero attached hydrogens (tertiary/aromatic N) is 3. The minimum Gasteiger partial charge on any atom is -0.359 e. The first-order valence-corrected chi connectivity index (χ1v) is 6.37. The summed E-state index contributed by atoms with van der Waals surface area (Å²) in [6, 6.07) is 0. The van der Waals surface area contributed by atoms with E-state index in [1.54, 1.807) is 21.0 Å². The number of aromatic amines is 1. The molecule has 7 nitrogen and oxygen atoms in total. The molecule has 0 saturated heterocycles. The molecule has 0 radical (unpaired) electrons. The molecule has 106 valence electrons. The molecule has 1 aromatic rings. The number of rotatable bonds is 6. The fourth-order valence-electron chi connectivity index (χ4n) is 1.73. The van der Waals surface area contributed by atoms with Gasteiger partial charge < -0.3 is 10.2 Å². The maximum absolute atomic E-state index is 12.1. The van der Waals surface area contributed by atoms with Crippen molar-refractivity contribution in [3.05, 3.63) is 11.6 Å². The average Bonchev–Trinajstić information content (AvgIpc) is 2.85. The molecular weight excluding hydrogens is 246 g/mol. The Kier molecular flexibility index (Phi) is 5.47. The maximum Gasteiger partial charge on any atom is 0.293 e. The highest BCUT2D eigenvalue weighted by Crippen LogP contribution is 2.04. The number of H-pyrrole nitrogens is 1. The third-order valence-corrected chi connectivity index (χ3v) is 2.80. The Morgan fingerprint density at radius 1 is 1.47 bits per heavy atom. The summed E-state index contributed by atoms with van der Waals surface area (Å²) < 4.78 is 0. The number of aromatic nitrogens is 3. The van der Waals surface area contributed by atoms with Crippen molar-refractivity contribution in [2.24, 2.45) is 5.92 Å². The maximum atomic E-state index is 12.1. The van der Waals surface area contributed by atoms with E-state index in [1.807, 2.05) is 6.92 Å². The lowest BCUT2D eigenvalue weighted by Crippen LogP contribution is -2.37. The van der Waals surface area contributed by atoms with E-state index >= 15 is 0 Å². The molecule has 1 atom stereocenters. The highest BCUT2D eigenvalue weighted by Gasteiger charge is 2.21. The summed E-state index contributed by atoms with van der Waals surface area (Å²) in [7, 11) is 3.21. The molecule has 19 heavy (non-hydrogen) atoms. The van der Waals surface area contributed by atoms with E-state index < -0.39 is 0 Å². The highest BCUT2D eigenvalue weighted by molar-refractivity contribution is 5.90. The number of amides is 2. The first-order chi connectivity index (χ1) is 8.99. The molecule has 1 unspecified atom stereocenters. The number of nitrogens with one attached hydrogen (secondary N) is 2. The van der Waals surface area contributed by atoms with Gasteiger partial charge in [-0.25, -0.2) is 4.98 Å². The SMILES string of the molecule is CCCc1nc(C(=O)N(C)CC(C)C(=O)NC)n[nH]1. The number of carbonyl (C=O) groups is 2. The van der Waals surface area contributed by atoms with E-state index in [4.69, 9.17) is 0 Å². The summed E-state index contributed by atoms with van der Waals surface area (Å²) >= 11 is 0. The second kappa shape index (κ2) is 6.86. The second-order valence-corrected chi connectivity index (χ2v) is 4.56. The molecule has 0 saturated carbocycles. The monoisotopic (exact) mass is 267 g/mol. The highest BCUT2D eigenvalue weighted by atomic mass is 16.2. The first kappa shape index (κ1) is 15.1. The smallest absolute Gasteiger partial charge is 0.293 e. The lowest BCUT2D eigenvalue weighted by atomic mass is 10.1. The van der Waals surface area contributed by atoms with Crippen LogP contribution in [0.1, 0.15) is 36.7 Å². The number of carbonyl (C=O) groups excluding carboxylic acids is 2. The zero-order chi connectivity index (χ0) is 14.4. The molecule has 0 spiro atoms. The molecule has 0 aliphatic carbocycles. The molecule has 0 aliphatic heterocycles. The molecule has 2 N–H and O–H groups in total. The van der Waals surface area contributed by atoms with Crippen LogP contribution in [-0.2, 0) is 11.2 Å². The first-order valence-electron chi connectivity index (χ1n) is 6.37. The summed E-state index contributed by atoms with van der Waals surface area (Å²) in [5.74, 6) is 0.206.